The summed E-state index contributed by atoms with van der Waals surface area (Å²) in [6.07, 6.45) is 0.816. The monoisotopic (exact) mass is 293 g/mol. The predicted molar refractivity (Wildman–Crippen MR) is 82.0 cm³/mol. The highest BCUT2D eigenvalue weighted by Crippen LogP contribution is 2.13. The number of hydrogen-bond donors (Lipinski definition) is 1. The minimum Gasteiger partial charge on any atom is -0.494 e. The molecule has 0 saturated carbocycles. The second-order valence-electron chi connectivity index (χ2n) is 4.78. The van der Waals surface area contributed by atoms with Gasteiger partial charge in [-0.25, -0.2) is 4.79 Å². The van der Waals surface area contributed by atoms with Crippen molar-refractivity contribution in [2.75, 3.05) is 33.3 Å². The first-order valence-corrected chi connectivity index (χ1v) is 7.01. The largest absolute Gasteiger partial charge is 0.494 e. The fourth-order valence-electron chi connectivity index (χ4n) is 2.07. The Morgan fingerprint density at radius 3 is 2.60 bits per heavy atom. The van der Waals surface area contributed by atoms with Gasteiger partial charge in [0.1, 0.15) is 10.7 Å². The van der Waals surface area contributed by atoms with E-state index >= 15 is 0 Å². The molecule has 1 aliphatic heterocycles. The van der Waals surface area contributed by atoms with Crippen LogP contribution in [0.4, 0.5) is 4.79 Å². The normalized spacial score (nSPS) is 14.8. The van der Waals surface area contributed by atoms with Crippen LogP contribution in [0.2, 0.25) is 0 Å². The van der Waals surface area contributed by atoms with Crippen molar-refractivity contribution in [3.8, 4) is 5.75 Å². The molecule has 0 aliphatic carbocycles. The zero-order valence-electron chi connectivity index (χ0n) is 11.5. The van der Waals surface area contributed by atoms with Gasteiger partial charge in [-0.15, -0.1) is 0 Å². The average molecular weight is 293 g/mol. The van der Waals surface area contributed by atoms with E-state index < -0.39 is 0 Å². The topological polar surface area (TPSA) is 58.8 Å². The Bertz CT molecular complexity index is 490. The molecule has 6 heteroatoms. The lowest BCUT2D eigenvalue weighted by Gasteiger charge is -2.15. The molecule has 1 fully saturated rings. The third kappa shape index (κ3) is 3.60. The first-order chi connectivity index (χ1) is 9.58. The molecule has 2 N–H and O–H groups in total. The molecule has 1 aromatic carbocycles. The fraction of sp³-hybridized carbons (Fsp3) is 0.429. The van der Waals surface area contributed by atoms with Crippen LogP contribution in [0.25, 0.3) is 0 Å². The maximum absolute atomic E-state index is 11.7. The molecule has 0 unspecified atom stereocenters. The molecule has 0 atom stereocenters. The van der Waals surface area contributed by atoms with Crippen molar-refractivity contribution in [1.29, 1.82) is 0 Å². The van der Waals surface area contributed by atoms with Crippen molar-refractivity contribution in [1.82, 2.24) is 9.80 Å². The van der Waals surface area contributed by atoms with Gasteiger partial charge in [0.15, 0.2) is 0 Å². The molecule has 0 radical (unpaired) electrons. The molecule has 1 aliphatic rings. The number of carbonyl (C=O) groups excluding carboxylic acids is 1. The maximum atomic E-state index is 11.7. The van der Waals surface area contributed by atoms with Crippen LogP contribution in [0.1, 0.15) is 12.0 Å². The standard InChI is InChI=1S/C14H19N3O2S/c1-16-8-9-17(14(16)18)7-2-10-19-12-5-3-11(4-6-12)13(15)20/h3-6H,2,7-10H2,1H3,(H2,15,20). The van der Waals surface area contributed by atoms with E-state index in [-0.39, 0.29) is 6.03 Å². The second-order valence-corrected chi connectivity index (χ2v) is 5.22. The third-order valence-corrected chi connectivity index (χ3v) is 3.52. The van der Waals surface area contributed by atoms with Crippen LogP contribution >= 0.6 is 12.2 Å². The Hall–Kier alpha value is -1.82. The first-order valence-electron chi connectivity index (χ1n) is 6.60. The van der Waals surface area contributed by atoms with Crippen LogP contribution in [-0.2, 0) is 0 Å². The summed E-state index contributed by atoms with van der Waals surface area (Å²) in [5.74, 6) is 0.787. The lowest BCUT2D eigenvalue weighted by molar-refractivity contribution is 0.194. The summed E-state index contributed by atoms with van der Waals surface area (Å²) in [6, 6.07) is 7.49. The molecule has 2 amide bonds. The van der Waals surface area contributed by atoms with E-state index in [9.17, 15) is 4.79 Å². The number of hydrogen-bond acceptors (Lipinski definition) is 3. The lowest BCUT2D eigenvalue weighted by atomic mass is 10.2. The van der Waals surface area contributed by atoms with E-state index in [1.807, 2.05) is 36.2 Å². The summed E-state index contributed by atoms with van der Waals surface area (Å²) in [4.78, 5) is 15.6. The SMILES string of the molecule is CN1CCN(CCCOc2ccc(C(N)=S)cc2)C1=O. The Morgan fingerprint density at radius 2 is 2.05 bits per heavy atom. The minimum absolute atomic E-state index is 0.103. The second kappa shape index (κ2) is 6.56. The van der Waals surface area contributed by atoms with Crippen LogP contribution in [0.15, 0.2) is 24.3 Å². The summed E-state index contributed by atoms with van der Waals surface area (Å²) in [5, 5.41) is 0. The van der Waals surface area contributed by atoms with Crippen molar-refractivity contribution in [2.45, 2.75) is 6.42 Å². The molecular formula is C14H19N3O2S. The highest BCUT2D eigenvalue weighted by Gasteiger charge is 2.24. The number of rotatable bonds is 6. The van der Waals surface area contributed by atoms with Crippen LogP contribution in [0, 0.1) is 0 Å². The Labute approximate surface area is 124 Å². The number of benzene rings is 1. The van der Waals surface area contributed by atoms with Gasteiger partial charge in [-0.2, -0.15) is 0 Å². The molecule has 0 bridgehead atoms. The van der Waals surface area contributed by atoms with E-state index in [1.54, 1.807) is 4.90 Å². The van der Waals surface area contributed by atoms with Crippen molar-refractivity contribution < 1.29 is 9.53 Å². The average Bonchev–Trinajstić information content (AvgIpc) is 2.76. The quantitative estimate of drug-likeness (QED) is 0.637. The molecule has 1 heterocycles. The van der Waals surface area contributed by atoms with Crippen molar-refractivity contribution in [3.63, 3.8) is 0 Å². The third-order valence-electron chi connectivity index (χ3n) is 3.28. The molecular weight excluding hydrogens is 274 g/mol. The van der Waals surface area contributed by atoms with Crippen LogP contribution in [-0.4, -0.2) is 54.1 Å². The molecule has 2 rings (SSSR count). The Morgan fingerprint density at radius 1 is 1.35 bits per heavy atom. The predicted octanol–water partition coefficient (Wildman–Crippen LogP) is 1.46. The molecule has 0 spiro atoms. The first kappa shape index (κ1) is 14.6. The maximum Gasteiger partial charge on any atom is 0.319 e. The number of thiocarbonyl (C=S) groups is 1. The smallest absolute Gasteiger partial charge is 0.319 e. The molecule has 1 aromatic rings. The zero-order valence-corrected chi connectivity index (χ0v) is 12.4. The van der Waals surface area contributed by atoms with Gasteiger partial charge < -0.3 is 20.3 Å². The van der Waals surface area contributed by atoms with Crippen molar-refractivity contribution in [2.24, 2.45) is 5.73 Å². The summed E-state index contributed by atoms with van der Waals surface area (Å²) in [7, 11) is 1.82. The summed E-state index contributed by atoms with van der Waals surface area (Å²) >= 11 is 4.89. The van der Waals surface area contributed by atoms with Crippen molar-refractivity contribution >= 4 is 23.2 Å². The van der Waals surface area contributed by atoms with E-state index in [4.69, 9.17) is 22.7 Å². The Balaban J connectivity index is 1.71. The van der Waals surface area contributed by atoms with E-state index in [0.29, 0.717) is 11.6 Å². The number of carbonyl (C=O) groups is 1. The van der Waals surface area contributed by atoms with Gasteiger partial charge >= 0.3 is 6.03 Å². The molecule has 0 aromatic heterocycles. The number of likely N-dealkylation sites (N-methyl/N-ethyl adjacent to an activating group) is 1. The summed E-state index contributed by atoms with van der Waals surface area (Å²) < 4.78 is 5.63. The fourth-order valence-corrected chi connectivity index (χ4v) is 2.21. The highest BCUT2D eigenvalue weighted by molar-refractivity contribution is 7.80. The number of amides is 2. The number of urea groups is 1. The molecule has 5 nitrogen and oxygen atoms in total. The van der Waals surface area contributed by atoms with E-state index in [0.717, 1.165) is 37.4 Å². The molecule has 1 saturated heterocycles. The molecule has 20 heavy (non-hydrogen) atoms. The van der Waals surface area contributed by atoms with Gasteiger partial charge in [0.05, 0.1) is 6.61 Å². The summed E-state index contributed by atoms with van der Waals surface area (Å²) in [5.41, 5.74) is 6.36. The zero-order chi connectivity index (χ0) is 14.5. The van der Waals surface area contributed by atoms with Crippen LogP contribution < -0.4 is 10.5 Å². The van der Waals surface area contributed by atoms with Gasteiger partial charge in [0, 0.05) is 32.2 Å². The number of ether oxygens (including phenoxy) is 1. The Kier molecular flexibility index (Phi) is 4.79. The number of nitrogens with two attached hydrogens (primary N) is 1. The van der Waals surface area contributed by atoms with Gasteiger partial charge in [0.25, 0.3) is 0 Å². The molecule has 108 valence electrons. The number of nitrogens with zero attached hydrogens (tertiary/aromatic N) is 2. The van der Waals surface area contributed by atoms with Crippen LogP contribution in [0.3, 0.4) is 0 Å². The van der Waals surface area contributed by atoms with Gasteiger partial charge in [0.2, 0.25) is 0 Å². The minimum atomic E-state index is 0.103. The van der Waals surface area contributed by atoms with E-state index in [2.05, 4.69) is 0 Å². The van der Waals surface area contributed by atoms with Gasteiger partial charge in [-0.3, -0.25) is 0 Å². The van der Waals surface area contributed by atoms with E-state index in [1.165, 1.54) is 0 Å². The highest BCUT2D eigenvalue weighted by atomic mass is 32.1. The van der Waals surface area contributed by atoms with Crippen molar-refractivity contribution in [3.05, 3.63) is 29.8 Å². The van der Waals surface area contributed by atoms with Crippen LogP contribution in [0.5, 0.6) is 5.75 Å². The van der Waals surface area contributed by atoms with Gasteiger partial charge in [-0.1, -0.05) is 12.2 Å². The lowest BCUT2D eigenvalue weighted by Crippen LogP contribution is -2.30. The van der Waals surface area contributed by atoms with Gasteiger partial charge in [-0.05, 0) is 30.7 Å². The summed E-state index contributed by atoms with van der Waals surface area (Å²) in [6.45, 7) is 2.92.